The highest BCUT2D eigenvalue weighted by Crippen LogP contribution is 2.29. The lowest BCUT2D eigenvalue weighted by molar-refractivity contribution is 0.0792. The van der Waals surface area contributed by atoms with E-state index in [1.54, 1.807) is 54.6 Å². The van der Waals surface area contributed by atoms with Crippen LogP contribution >= 0.6 is 11.6 Å². The van der Waals surface area contributed by atoms with E-state index < -0.39 is 0 Å². The third-order valence-electron chi connectivity index (χ3n) is 5.52. The van der Waals surface area contributed by atoms with Gasteiger partial charge in [-0.2, -0.15) is 0 Å². The molecule has 1 saturated heterocycles. The number of benzene rings is 3. The zero-order valence-corrected chi connectivity index (χ0v) is 19.1. The molecule has 0 bridgehead atoms. The van der Waals surface area contributed by atoms with Crippen LogP contribution in [-0.2, 0) is 6.61 Å². The summed E-state index contributed by atoms with van der Waals surface area (Å²) < 4.78 is 11.3. The maximum absolute atomic E-state index is 12.7. The van der Waals surface area contributed by atoms with Crippen LogP contribution in [0.15, 0.2) is 66.7 Å². The van der Waals surface area contributed by atoms with Gasteiger partial charge in [0.05, 0.1) is 7.11 Å². The summed E-state index contributed by atoms with van der Waals surface area (Å²) in [5, 5.41) is 3.52. The van der Waals surface area contributed by atoms with E-state index in [2.05, 4.69) is 5.32 Å². The molecule has 170 valence electrons. The molecule has 0 spiro atoms. The number of methoxy groups -OCH3 is 1. The van der Waals surface area contributed by atoms with Crippen molar-refractivity contribution in [2.45, 2.75) is 19.4 Å². The van der Waals surface area contributed by atoms with Crippen molar-refractivity contribution >= 4 is 29.1 Å². The molecule has 7 heteroatoms. The minimum absolute atomic E-state index is 0.0318. The molecule has 0 saturated carbocycles. The Morgan fingerprint density at radius 1 is 0.909 bits per heavy atom. The third-order valence-corrected chi connectivity index (χ3v) is 5.77. The van der Waals surface area contributed by atoms with Crippen molar-refractivity contribution in [1.29, 1.82) is 0 Å². The van der Waals surface area contributed by atoms with Crippen LogP contribution in [0.3, 0.4) is 0 Å². The predicted octanol–water partition coefficient (Wildman–Crippen LogP) is 5.42. The molecule has 4 rings (SSSR count). The van der Waals surface area contributed by atoms with Gasteiger partial charge < -0.3 is 19.7 Å². The normalized spacial score (nSPS) is 13.0. The maximum Gasteiger partial charge on any atom is 0.255 e. The monoisotopic (exact) mass is 464 g/mol. The summed E-state index contributed by atoms with van der Waals surface area (Å²) in [7, 11) is 1.53. The summed E-state index contributed by atoms with van der Waals surface area (Å²) in [6, 6.07) is 19.4. The Morgan fingerprint density at radius 3 is 2.24 bits per heavy atom. The van der Waals surface area contributed by atoms with Gasteiger partial charge in [-0.1, -0.05) is 23.7 Å². The van der Waals surface area contributed by atoms with Gasteiger partial charge in [0.25, 0.3) is 11.8 Å². The Balaban J connectivity index is 1.39. The Kier molecular flexibility index (Phi) is 7.15. The van der Waals surface area contributed by atoms with Crippen LogP contribution in [0.25, 0.3) is 0 Å². The fourth-order valence-electron chi connectivity index (χ4n) is 3.67. The van der Waals surface area contributed by atoms with Gasteiger partial charge in [0, 0.05) is 34.9 Å². The van der Waals surface area contributed by atoms with Crippen molar-refractivity contribution in [1.82, 2.24) is 4.90 Å². The molecule has 0 unspecified atom stereocenters. The second-order valence-electron chi connectivity index (χ2n) is 7.81. The number of nitrogens with one attached hydrogen (secondary N) is 1. The molecule has 1 N–H and O–H groups in total. The third kappa shape index (κ3) is 5.65. The second kappa shape index (κ2) is 10.4. The van der Waals surface area contributed by atoms with Gasteiger partial charge in [0.15, 0.2) is 11.5 Å². The lowest BCUT2D eigenvalue weighted by Gasteiger charge is -2.15. The Labute approximate surface area is 198 Å². The number of hydrogen-bond acceptors (Lipinski definition) is 4. The van der Waals surface area contributed by atoms with Crippen LogP contribution in [0.2, 0.25) is 5.02 Å². The quantitative estimate of drug-likeness (QED) is 0.507. The van der Waals surface area contributed by atoms with Gasteiger partial charge in [-0.3, -0.25) is 9.59 Å². The zero-order chi connectivity index (χ0) is 23.2. The minimum Gasteiger partial charge on any atom is -0.493 e. The highest BCUT2D eigenvalue weighted by Gasteiger charge is 2.19. The SMILES string of the molecule is COc1cc(C(=O)Nc2ccc(C(=O)N3CCCC3)cc2)ccc1OCc1ccc(Cl)cc1. The largest absolute Gasteiger partial charge is 0.493 e. The first-order chi connectivity index (χ1) is 16.0. The standard InChI is InChI=1S/C26H25ClN2O4/c1-32-24-16-20(8-13-23(24)33-17-18-4-9-21(27)10-5-18)25(30)28-22-11-6-19(7-12-22)26(31)29-14-2-3-15-29/h4-13,16H,2-3,14-15,17H2,1H3,(H,28,30). The lowest BCUT2D eigenvalue weighted by atomic mass is 10.1. The van der Waals surface area contributed by atoms with Gasteiger partial charge in [-0.25, -0.2) is 0 Å². The molecule has 2 amide bonds. The number of halogens is 1. The molecule has 0 atom stereocenters. The highest BCUT2D eigenvalue weighted by molar-refractivity contribution is 6.30. The van der Waals surface area contributed by atoms with Gasteiger partial charge in [-0.05, 0) is 73.0 Å². The van der Waals surface area contributed by atoms with Crippen LogP contribution in [0.4, 0.5) is 5.69 Å². The van der Waals surface area contributed by atoms with E-state index in [9.17, 15) is 9.59 Å². The molecule has 1 heterocycles. The molecule has 1 fully saturated rings. The summed E-state index contributed by atoms with van der Waals surface area (Å²) in [6.07, 6.45) is 2.10. The number of rotatable bonds is 7. The first-order valence-electron chi connectivity index (χ1n) is 10.8. The molecular formula is C26H25ClN2O4. The van der Waals surface area contributed by atoms with Gasteiger partial charge in [0.2, 0.25) is 0 Å². The fourth-order valence-corrected chi connectivity index (χ4v) is 3.80. The molecule has 0 radical (unpaired) electrons. The van der Waals surface area contributed by atoms with E-state index in [1.165, 1.54) is 7.11 Å². The van der Waals surface area contributed by atoms with Crippen molar-refractivity contribution in [3.05, 3.63) is 88.4 Å². The number of ether oxygens (including phenoxy) is 2. The molecule has 0 aliphatic carbocycles. The zero-order valence-electron chi connectivity index (χ0n) is 18.3. The molecular weight excluding hydrogens is 440 g/mol. The number of carbonyl (C=O) groups excluding carboxylic acids is 2. The van der Waals surface area contributed by atoms with Crippen LogP contribution < -0.4 is 14.8 Å². The van der Waals surface area contributed by atoms with Crippen molar-refractivity contribution in [3.63, 3.8) is 0 Å². The van der Waals surface area contributed by atoms with E-state index in [0.29, 0.717) is 39.9 Å². The number of nitrogens with zero attached hydrogens (tertiary/aromatic N) is 1. The van der Waals surface area contributed by atoms with Crippen molar-refractivity contribution < 1.29 is 19.1 Å². The lowest BCUT2D eigenvalue weighted by Crippen LogP contribution is -2.27. The van der Waals surface area contributed by atoms with Crippen molar-refractivity contribution in [2.24, 2.45) is 0 Å². The maximum atomic E-state index is 12.7. The number of carbonyl (C=O) groups is 2. The molecule has 3 aromatic rings. The Hall–Kier alpha value is -3.51. The Morgan fingerprint density at radius 2 is 1.58 bits per heavy atom. The van der Waals surface area contributed by atoms with Gasteiger partial charge in [0.1, 0.15) is 6.61 Å². The van der Waals surface area contributed by atoms with Crippen LogP contribution in [-0.4, -0.2) is 36.9 Å². The summed E-state index contributed by atoms with van der Waals surface area (Å²) >= 11 is 5.91. The first-order valence-corrected chi connectivity index (χ1v) is 11.2. The van der Waals surface area contributed by atoms with Crippen LogP contribution in [0.5, 0.6) is 11.5 Å². The van der Waals surface area contributed by atoms with Crippen molar-refractivity contribution in [2.75, 3.05) is 25.5 Å². The van der Waals surface area contributed by atoms with Crippen LogP contribution in [0.1, 0.15) is 39.1 Å². The summed E-state index contributed by atoms with van der Waals surface area (Å²) in [5.41, 5.74) is 2.64. The van der Waals surface area contributed by atoms with E-state index in [4.69, 9.17) is 21.1 Å². The average Bonchev–Trinajstić information content (AvgIpc) is 3.39. The summed E-state index contributed by atoms with van der Waals surface area (Å²) in [6.45, 7) is 1.96. The molecule has 0 aromatic heterocycles. The highest BCUT2D eigenvalue weighted by atomic mass is 35.5. The molecule has 1 aliphatic rings. The average molecular weight is 465 g/mol. The van der Waals surface area contributed by atoms with E-state index in [1.807, 2.05) is 17.0 Å². The molecule has 6 nitrogen and oxygen atoms in total. The number of likely N-dealkylation sites (tertiary alicyclic amines) is 1. The molecule has 33 heavy (non-hydrogen) atoms. The van der Waals surface area contributed by atoms with Crippen molar-refractivity contribution in [3.8, 4) is 11.5 Å². The van der Waals surface area contributed by atoms with E-state index in [-0.39, 0.29) is 11.8 Å². The fraction of sp³-hybridized carbons (Fsp3) is 0.231. The van der Waals surface area contributed by atoms with Gasteiger partial charge >= 0.3 is 0 Å². The minimum atomic E-state index is -0.281. The molecule has 3 aromatic carbocycles. The van der Waals surface area contributed by atoms with E-state index in [0.717, 1.165) is 31.5 Å². The number of hydrogen-bond donors (Lipinski definition) is 1. The van der Waals surface area contributed by atoms with Crippen LogP contribution in [0, 0.1) is 0 Å². The predicted molar refractivity (Wildman–Crippen MR) is 128 cm³/mol. The number of anilines is 1. The van der Waals surface area contributed by atoms with Gasteiger partial charge in [-0.15, -0.1) is 0 Å². The topological polar surface area (TPSA) is 67.9 Å². The summed E-state index contributed by atoms with van der Waals surface area (Å²) in [5.74, 6) is 0.748. The Bertz CT molecular complexity index is 1120. The first kappa shape index (κ1) is 22.7. The van der Waals surface area contributed by atoms with E-state index >= 15 is 0 Å². The number of amides is 2. The summed E-state index contributed by atoms with van der Waals surface area (Å²) in [4.78, 5) is 27.1. The smallest absolute Gasteiger partial charge is 0.255 e. The molecule has 1 aliphatic heterocycles. The second-order valence-corrected chi connectivity index (χ2v) is 8.25.